The third-order valence-electron chi connectivity index (χ3n) is 3.43. The number of anilines is 1. The van der Waals surface area contributed by atoms with Gasteiger partial charge in [-0.05, 0) is 24.3 Å². The number of hydrogen-bond acceptors (Lipinski definition) is 4. The summed E-state index contributed by atoms with van der Waals surface area (Å²) < 4.78 is 5.08. The molecule has 1 fully saturated rings. The van der Waals surface area contributed by atoms with Crippen LogP contribution >= 0.6 is 0 Å². The lowest BCUT2D eigenvalue weighted by Crippen LogP contribution is -2.49. The van der Waals surface area contributed by atoms with Crippen molar-refractivity contribution in [3.8, 4) is 5.75 Å². The Bertz CT molecular complexity index is 421. The molecule has 2 N–H and O–H groups in total. The van der Waals surface area contributed by atoms with Gasteiger partial charge in [-0.2, -0.15) is 0 Å². The number of aliphatic carboxylic acids is 1. The van der Waals surface area contributed by atoms with Crippen LogP contribution in [0.1, 0.15) is 12.8 Å². The molecule has 1 aliphatic rings. The normalized spacial score (nSPS) is 18.4. The summed E-state index contributed by atoms with van der Waals surface area (Å²) in [6, 6.07) is 7.61. The Hall–Kier alpha value is -1.75. The SMILES string of the molecule is COc1ccc(N2CCC(O)(C(=O)O)CC2)cc1. The molecule has 1 aromatic carbocycles. The lowest BCUT2D eigenvalue weighted by Gasteiger charge is -2.36. The zero-order chi connectivity index (χ0) is 13.2. The minimum Gasteiger partial charge on any atom is -0.497 e. The van der Waals surface area contributed by atoms with Gasteiger partial charge in [-0.15, -0.1) is 0 Å². The van der Waals surface area contributed by atoms with Crippen LogP contribution in [-0.2, 0) is 4.79 Å². The quantitative estimate of drug-likeness (QED) is 0.842. The van der Waals surface area contributed by atoms with Crippen LogP contribution in [0.2, 0.25) is 0 Å². The second kappa shape index (κ2) is 4.86. The molecule has 0 atom stereocenters. The van der Waals surface area contributed by atoms with Crippen LogP contribution in [0.5, 0.6) is 5.75 Å². The van der Waals surface area contributed by atoms with Gasteiger partial charge in [0.05, 0.1) is 7.11 Å². The second-order valence-corrected chi connectivity index (χ2v) is 4.52. The zero-order valence-electron chi connectivity index (χ0n) is 10.3. The van der Waals surface area contributed by atoms with Crippen molar-refractivity contribution in [1.82, 2.24) is 0 Å². The molecule has 0 aromatic heterocycles. The van der Waals surface area contributed by atoms with E-state index in [-0.39, 0.29) is 12.8 Å². The summed E-state index contributed by atoms with van der Waals surface area (Å²) in [4.78, 5) is 13.0. The van der Waals surface area contributed by atoms with Gasteiger partial charge in [0, 0.05) is 31.6 Å². The number of nitrogens with zero attached hydrogens (tertiary/aromatic N) is 1. The zero-order valence-corrected chi connectivity index (χ0v) is 10.3. The molecular formula is C13H17NO4. The minimum atomic E-state index is -1.57. The van der Waals surface area contributed by atoms with E-state index in [2.05, 4.69) is 4.90 Å². The largest absolute Gasteiger partial charge is 0.497 e. The fraction of sp³-hybridized carbons (Fsp3) is 0.462. The Morgan fingerprint density at radius 3 is 2.28 bits per heavy atom. The van der Waals surface area contributed by atoms with Crippen molar-refractivity contribution in [3.05, 3.63) is 24.3 Å². The van der Waals surface area contributed by atoms with Gasteiger partial charge in [0.15, 0.2) is 5.60 Å². The highest BCUT2D eigenvalue weighted by molar-refractivity contribution is 5.77. The fourth-order valence-corrected chi connectivity index (χ4v) is 2.14. The summed E-state index contributed by atoms with van der Waals surface area (Å²) in [6.07, 6.45) is 0.489. The molecule has 2 rings (SSSR count). The monoisotopic (exact) mass is 251 g/mol. The third-order valence-corrected chi connectivity index (χ3v) is 3.43. The van der Waals surface area contributed by atoms with E-state index in [0.29, 0.717) is 13.1 Å². The Balaban J connectivity index is 2.03. The van der Waals surface area contributed by atoms with E-state index in [0.717, 1.165) is 11.4 Å². The Morgan fingerprint density at radius 1 is 1.28 bits per heavy atom. The topological polar surface area (TPSA) is 70.0 Å². The summed E-state index contributed by atoms with van der Waals surface area (Å²) in [5.74, 6) is -0.338. The van der Waals surface area contributed by atoms with Crippen molar-refractivity contribution in [1.29, 1.82) is 0 Å². The van der Waals surface area contributed by atoms with Crippen LogP contribution in [0.3, 0.4) is 0 Å². The summed E-state index contributed by atoms with van der Waals surface area (Å²) in [6.45, 7) is 1.07. The van der Waals surface area contributed by atoms with E-state index in [9.17, 15) is 9.90 Å². The summed E-state index contributed by atoms with van der Waals surface area (Å²) >= 11 is 0. The minimum absolute atomic E-state index is 0.244. The molecular weight excluding hydrogens is 234 g/mol. The van der Waals surface area contributed by atoms with Crippen LogP contribution in [0.4, 0.5) is 5.69 Å². The van der Waals surface area contributed by atoms with Gasteiger partial charge < -0.3 is 19.8 Å². The fourth-order valence-electron chi connectivity index (χ4n) is 2.14. The highest BCUT2D eigenvalue weighted by Crippen LogP contribution is 2.27. The Morgan fingerprint density at radius 2 is 1.83 bits per heavy atom. The van der Waals surface area contributed by atoms with E-state index < -0.39 is 11.6 Å². The first-order chi connectivity index (χ1) is 8.55. The van der Waals surface area contributed by atoms with Gasteiger partial charge in [0.1, 0.15) is 5.75 Å². The molecule has 0 saturated carbocycles. The van der Waals surface area contributed by atoms with Gasteiger partial charge in [-0.1, -0.05) is 0 Å². The van der Waals surface area contributed by atoms with E-state index in [4.69, 9.17) is 9.84 Å². The number of methoxy groups -OCH3 is 1. The maximum atomic E-state index is 10.9. The van der Waals surface area contributed by atoms with Gasteiger partial charge in [-0.25, -0.2) is 4.79 Å². The number of rotatable bonds is 3. The molecule has 0 unspecified atom stereocenters. The van der Waals surface area contributed by atoms with Crippen molar-refractivity contribution in [3.63, 3.8) is 0 Å². The van der Waals surface area contributed by atoms with Crippen LogP contribution in [0.25, 0.3) is 0 Å². The first kappa shape index (κ1) is 12.7. The number of piperidine rings is 1. The van der Waals surface area contributed by atoms with Gasteiger partial charge in [0.2, 0.25) is 0 Å². The number of carbonyl (C=O) groups is 1. The molecule has 1 heterocycles. The molecule has 0 bridgehead atoms. The number of ether oxygens (including phenoxy) is 1. The van der Waals surface area contributed by atoms with Crippen LogP contribution in [0, 0.1) is 0 Å². The molecule has 5 nitrogen and oxygen atoms in total. The van der Waals surface area contributed by atoms with Crippen molar-refractivity contribution in [2.24, 2.45) is 0 Å². The smallest absolute Gasteiger partial charge is 0.335 e. The highest BCUT2D eigenvalue weighted by Gasteiger charge is 2.39. The maximum Gasteiger partial charge on any atom is 0.335 e. The first-order valence-electron chi connectivity index (χ1n) is 5.90. The van der Waals surface area contributed by atoms with Crippen LogP contribution in [0.15, 0.2) is 24.3 Å². The molecule has 0 spiro atoms. The average Bonchev–Trinajstić information content (AvgIpc) is 2.40. The first-order valence-corrected chi connectivity index (χ1v) is 5.90. The summed E-state index contributed by atoms with van der Waals surface area (Å²) in [5, 5.41) is 18.8. The van der Waals surface area contributed by atoms with Crippen molar-refractivity contribution in [2.45, 2.75) is 18.4 Å². The molecule has 0 aliphatic carbocycles. The number of carboxylic acids is 1. The van der Waals surface area contributed by atoms with Crippen LogP contribution < -0.4 is 9.64 Å². The lowest BCUT2D eigenvalue weighted by atomic mass is 9.91. The van der Waals surface area contributed by atoms with E-state index in [1.165, 1.54) is 0 Å². The van der Waals surface area contributed by atoms with Gasteiger partial charge in [0.25, 0.3) is 0 Å². The van der Waals surface area contributed by atoms with E-state index in [1.54, 1.807) is 7.11 Å². The maximum absolute atomic E-state index is 10.9. The van der Waals surface area contributed by atoms with Crippen LogP contribution in [-0.4, -0.2) is 42.0 Å². The Labute approximate surface area is 106 Å². The second-order valence-electron chi connectivity index (χ2n) is 4.52. The van der Waals surface area contributed by atoms with Gasteiger partial charge in [-0.3, -0.25) is 0 Å². The predicted molar refractivity (Wildman–Crippen MR) is 67.0 cm³/mol. The van der Waals surface area contributed by atoms with E-state index in [1.807, 2.05) is 24.3 Å². The Kier molecular flexibility index (Phi) is 3.43. The molecule has 1 saturated heterocycles. The lowest BCUT2D eigenvalue weighted by molar-refractivity contribution is -0.160. The van der Waals surface area contributed by atoms with Crippen molar-refractivity contribution < 1.29 is 19.7 Å². The molecule has 0 radical (unpaired) electrons. The molecule has 18 heavy (non-hydrogen) atoms. The number of benzene rings is 1. The number of hydrogen-bond donors (Lipinski definition) is 2. The average molecular weight is 251 g/mol. The van der Waals surface area contributed by atoms with Crippen molar-refractivity contribution >= 4 is 11.7 Å². The number of aliphatic hydroxyl groups is 1. The van der Waals surface area contributed by atoms with Gasteiger partial charge >= 0.3 is 5.97 Å². The molecule has 1 aliphatic heterocycles. The summed E-state index contributed by atoms with van der Waals surface area (Å²) in [5.41, 5.74) is -0.550. The third kappa shape index (κ3) is 2.41. The van der Waals surface area contributed by atoms with Crippen molar-refractivity contribution in [2.75, 3.05) is 25.1 Å². The standard InChI is InChI=1S/C13H17NO4/c1-18-11-4-2-10(3-5-11)14-8-6-13(17,7-9-14)12(15)16/h2-5,17H,6-9H2,1H3,(H,15,16). The molecule has 0 amide bonds. The summed E-state index contributed by atoms with van der Waals surface area (Å²) in [7, 11) is 1.61. The van der Waals surface area contributed by atoms with E-state index >= 15 is 0 Å². The predicted octanol–water partition coefficient (Wildman–Crippen LogP) is 1.11. The molecule has 98 valence electrons. The highest BCUT2D eigenvalue weighted by atomic mass is 16.5. The number of carboxylic acid groups (broad SMARTS) is 1. The molecule has 5 heteroatoms. The molecule has 1 aromatic rings.